The van der Waals surface area contributed by atoms with Crippen molar-refractivity contribution >= 4 is 0 Å². The van der Waals surface area contributed by atoms with Gasteiger partial charge < -0.3 is 10.4 Å². The number of aryl methyl sites for hydroxylation is 1. The van der Waals surface area contributed by atoms with Crippen LogP contribution in [0.2, 0.25) is 0 Å². The summed E-state index contributed by atoms with van der Waals surface area (Å²) in [5.74, 6) is -0.771. The molecule has 1 atom stereocenters. The molecule has 1 aliphatic rings. The lowest BCUT2D eigenvalue weighted by Gasteiger charge is -2.34. The van der Waals surface area contributed by atoms with Crippen LogP contribution in [-0.4, -0.2) is 17.3 Å². The normalized spacial score (nSPS) is 25.5. The van der Waals surface area contributed by atoms with Crippen LogP contribution in [0.4, 0.5) is 8.78 Å². The summed E-state index contributed by atoms with van der Waals surface area (Å²) in [5.41, 5.74) is 0.659. The average Bonchev–Trinajstić information content (AvgIpc) is 2.21. The van der Waals surface area contributed by atoms with Gasteiger partial charge in [-0.1, -0.05) is 0 Å². The monoisotopic (exact) mass is 241 g/mol. The zero-order valence-electron chi connectivity index (χ0n) is 10.0. The molecule has 0 radical (unpaired) electrons. The molecule has 1 aliphatic carbocycles. The summed E-state index contributed by atoms with van der Waals surface area (Å²) in [5, 5.41) is 12.3. The summed E-state index contributed by atoms with van der Waals surface area (Å²) in [6, 6.07) is 2.42. The van der Waals surface area contributed by atoms with Crippen LogP contribution in [0.15, 0.2) is 12.1 Å². The Labute approximate surface area is 99.7 Å². The van der Waals surface area contributed by atoms with Gasteiger partial charge in [0, 0.05) is 17.6 Å². The first-order valence-electron chi connectivity index (χ1n) is 5.87. The van der Waals surface area contributed by atoms with Gasteiger partial charge in [-0.2, -0.15) is 0 Å². The molecule has 4 heteroatoms. The van der Waals surface area contributed by atoms with Crippen LogP contribution >= 0.6 is 0 Å². The first-order valence-corrected chi connectivity index (χ1v) is 5.87. The van der Waals surface area contributed by atoms with E-state index < -0.39 is 0 Å². The van der Waals surface area contributed by atoms with Gasteiger partial charge >= 0.3 is 0 Å². The number of hydrogen-bond donors (Lipinski definition) is 2. The molecule has 0 amide bonds. The van der Waals surface area contributed by atoms with Gasteiger partial charge in [0.1, 0.15) is 11.6 Å². The molecule has 1 aromatic carbocycles. The van der Waals surface area contributed by atoms with E-state index in [2.05, 4.69) is 5.32 Å². The van der Waals surface area contributed by atoms with Crippen molar-refractivity contribution in [1.29, 1.82) is 0 Å². The van der Waals surface area contributed by atoms with E-state index in [0.717, 1.165) is 0 Å². The largest absolute Gasteiger partial charge is 0.393 e. The fourth-order valence-electron chi connectivity index (χ4n) is 2.16. The lowest BCUT2D eigenvalue weighted by atomic mass is 9.88. The van der Waals surface area contributed by atoms with E-state index in [0.29, 0.717) is 24.0 Å². The summed E-state index contributed by atoms with van der Waals surface area (Å²) in [6.07, 6.45) is 1.11. The highest BCUT2D eigenvalue weighted by Crippen LogP contribution is 2.25. The van der Waals surface area contributed by atoms with E-state index >= 15 is 0 Å². The van der Waals surface area contributed by atoms with Gasteiger partial charge in [0.2, 0.25) is 0 Å². The molecule has 94 valence electrons. The zero-order chi connectivity index (χ0) is 12.6. The Morgan fingerprint density at radius 1 is 1.29 bits per heavy atom. The number of aliphatic hydroxyl groups is 1. The van der Waals surface area contributed by atoms with Crippen molar-refractivity contribution in [2.24, 2.45) is 0 Å². The molecule has 0 bridgehead atoms. The minimum absolute atomic E-state index is 0.198. The Bertz CT molecular complexity index is 416. The summed E-state index contributed by atoms with van der Waals surface area (Å²) >= 11 is 0. The van der Waals surface area contributed by atoms with Crippen molar-refractivity contribution < 1.29 is 13.9 Å². The molecular weight excluding hydrogens is 224 g/mol. The maximum atomic E-state index is 13.7. The number of hydrogen-bond acceptors (Lipinski definition) is 2. The number of benzene rings is 1. The van der Waals surface area contributed by atoms with Crippen LogP contribution in [0, 0.1) is 18.6 Å². The molecule has 0 saturated heterocycles. The van der Waals surface area contributed by atoms with Gasteiger partial charge in [-0.05, 0) is 44.4 Å². The van der Waals surface area contributed by atoms with E-state index in [-0.39, 0.29) is 29.8 Å². The van der Waals surface area contributed by atoms with Gasteiger partial charge in [-0.15, -0.1) is 0 Å². The van der Waals surface area contributed by atoms with Crippen LogP contribution in [0.5, 0.6) is 0 Å². The highest BCUT2D eigenvalue weighted by atomic mass is 19.1. The number of halogens is 2. The minimum atomic E-state index is -0.385. The first kappa shape index (κ1) is 12.5. The molecule has 17 heavy (non-hydrogen) atoms. The second-order valence-electron chi connectivity index (χ2n) is 4.83. The van der Waals surface area contributed by atoms with Crippen molar-refractivity contribution in [3.63, 3.8) is 0 Å². The van der Waals surface area contributed by atoms with E-state index in [4.69, 9.17) is 5.11 Å². The molecule has 1 aromatic rings. The number of nitrogens with one attached hydrogen (secondary N) is 1. The Morgan fingerprint density at radius 2 is 1.94 bits per heavy atom. The highest BCUT2D eigenvalue weighted by Gasteiger charge is 2.28. The molecule has 1 unspecified atom stereocenters. The van der Waals surface area contributed by atoms with Crippen LogP contribution in [0.3, 0.4) is 0 Å². The molecule has 0 spiro atoms. The van der Waals surface area contributed by atoms with E-state index in [1.807, 2.05) is 0 Å². The minimum Gasteiger partial charge on any atom is -0.393 e. The maximum Gasteiger partial charge on any atom is 0.128 e. The van der Waals surface area contributed by atoms with Crippen molar-refractivity contribution in [2.75, 3.05) is 0 Å². The topological polar surface area (TPSA) is 32.3 Å². The Morgan fingerprint density at radius 3 is 2.53 bits per heavy atom. The average molecular weight is 241 g/mol. The maximum absolute atomic E-state index is 13.7. The van der Waals surface area contributed by atoms with Gasteiger partial charge in [0.05, 0.1) is 6.10 Å². The smallest absolute Gasteiger partial charge is 0.128 e. The van der Waals surface area contributed by atoms with E-state index in [1.54, 1.807) is 13.8 Å². The van der Waals surface area contributed by atoms with Gasteiger partial charge in [0.15, 0.2) is 0 Å². The summed E-state index contributed by atoms with van der Waals surface area (Å²) in [4.78, 5) is 0. The fourth-order valence-corrected chi connectivity index (χ4v) is 2.16. The molecule has 1 saturated carbocycles. The molecular formula is C13H17F2NO. The van der Waals surface area contributed by atoms with Gasteiger partial charge in [0.25, 0.3) is 0 Å². The molecule has 0 aliphatic heterocycles. The lowest BCUT2D eigenvalue weighted by molar-refractivity contribution is 0.0584. The Hall–Kier alpha value is -1.00. The highest BCUT2D eigenvalue weighted by molar-refractivity contribution is 5.27. The van der Waals surface area contributed by atoms with Crippen molar-refractivity contribution in [3.05, 3.63) is 34.9 Å². The van der Waals surface area contributed by atoms with Crippen LogP contribution in [0.1, 0.15) is 36.9 Å². The quantitative estimate of drug-likeness (QED) is 0.852. The summed E-state index contributed by atoms with van der Waals surface area (Å²) in [7, 11) is 0. The first-order chi connectivity index (χ1) is 7.97. The molecule has 2 rings (SSSR count). The molecule has 2 N–H and O–H groups in total. The number of aliphatic hydroxyl groups excluding tert-OH is 1. The fraction of sp³-hybridized carbons (Fsp3) is 0.538. The molecule has 2 nitrogen and oxygen atoms in total. The predicted octanol–water partition coefficient (Wildman–Crippen LogP) is 2.45. The standard InChI is InChI=1S/C13H17F2NO/c1-7-3-13(15)11(6-12(7)14)8(2)16-9-4-10(17)5-9/h3,6,8-10,16-17H,4-5H2,1-2H3. The van der Waals surface area contributed by atoms with Crippen LogP contribution in [-0.2, 0) is 0 Å². The van der Waals surface area contributed by atoms with Crippen LogP contribution in [0.25, 0.3) is 0 Å². The SMILES string of the molecule is Cc1cc(F)c(C(C)NC2CC(O)C2)cc1F. The third-order valence-electron chi connectivity index (χ3n) is 3.34. The van der Waals surface area contributed by atoms with E-state index in [9.17, 15) is 8.78 Å². The third kappa shape index (κ3) is 2.64. The van der Waals surface area contributed by atoms with Gasteiger partial charge in [-0.3, -0.25) is 0 Å². The predicted molar refractivity (Wildman–Crippen MR) is 61.7 cm³/mol. The van der Waals surface area contributed by atoms with Crippen LogP contribution < -0.4 is 5.32 Å². The molecule has 1 fully saturated rings. The molecule has 0 aromatic heterocycles. The third-order valence-corrected chi connectivity index (χ3v) is 3.34. The van der Waals surface area contributed by atoms with Crippen molar-refractivity contribution in [3.8, 4) is 0 Å². The molecule has 0 heterocycles. The van der Waals surface area contributed by atoms with E-state index in [1.165, 1.54) is 12.1 Å². The summed E-state index contributed by atoms with van der Waals surface area (Å²) < 4.78 is 27.1. The zero-order valence-corrected chi connectivity index (χ0v) is 10.0. The second kappa shape index (κ2) is 4.70. The second-order valence-corrected chi connectivity index (χ2v) is 4.83. The van der Waals surface area contributed by atoms with Crippen molar-refractivity contribution in [2.45, 2.75) is 44.9 Å². The lowest BCUT2D eigenvalue weighted by Crippen LogP contribution is -2.45. The Balaban J connectivity index is 2.08. The Kier molecular flexibility index (Phi) is 3.45. The summed E-state index contributed by atoms with van der Waals surface area (Å²) in [6.45, 7) is 3.35. The van der Waals surface area contributed by atoms with Gasteiger partial charge in [-0.25, -0.2) is 8.78 Å². The number of rotatable bonds is 3. The van der Waals surface area contributed by atoms with Crippen molar-refractivity contribution in [1.82, 2.24) is 5.32 Å².